The Kier molecular flexibility index (Phi) is 4.99. The Bertz CT molecular complexity index is 910. The largest absolute Gasteiger partial charge is 0.360 e. The van der Waals surface area contributed by atoms with Crippen molar-refractivity contribution < 1.29 is 0 Å². The first-order chi connectivity index (χ1) is 13.2. The molecule has 2 aromatic heterocycles. The highest BCUT2D eigenvalue weighted by atomic mass is 15.3. The standard InChI is InChI=1S/C21H28N6/c1-4-24(2)20-14-21(23-16-22-20)27-11-9-26(10-12-27)15-18-13-17-7-5-6-8-19(17)25(18)3/h5-8,13-14,16H,4,9-12,15H2,1-3H3. The second-order valence-electron chi connectivity index (χ2n) is 7.27. The van der Waals surface area contributed by atoms with E-state index in [2.05, 4.69) is 86.7 Å². The van der Waals surface area contributed by atoms with Crippen molar-refractivity contribution in [2.24, 2.45) is 7.05 Å². The molecule has 4 rings (SSSR count). The second-order valence-corrected chi connectivity index (χ2v) is 7.27. The maximum atomic E-state index is 4.50. The summed E-state index contributed by atoms with van der Waals surface area (Å²) in [4.78, 5) is 15.9. The fourth-order valence-corrected chi connectivity index (χ4v) is 3.74. The van der Waals surface area contributed by atoms with Gasteiger partial charge >= 0.3 is 0 Å². The van der Waals surface area contributed by atoms with Crippen molar-refractivity contribution in [2.75, 3.05) is 49.6 Å². The topological polar surface area (TPSA) is 40.4 Å². The molecule has 0 amide bonds. The maximum Gasteiger partial charge on any atom is 0.134 e. The Labute approximate surface area is 161 Å². The predicted octanol–water partition coefficient (Wildman–Crippen LogP) is 2.75. The van der Waals surface area contributed by atoms with E-state index >= 15 is 0 Å². The molecule has 6 heteroatoms. The molecule has 3 heterocycles. The van der Waals surface area contributed by atoms with Gasteiger partial charge in [0.25, 0.3) is 0 Å². The van der Waals surface area contributed by atoms with Crippen LogP contribution in [0.1, 0.15) is 12.6 Å². The van der Waals surface area contributed by atoms with Crippen molar-refractivity contribution in [1.82, 2.24) is 19.4 Å². The van der Waals surface area contributed by atoms with Gasteiger partial charge in [0.1, 0.15) is 18.0 Å². The van der Waals surface area contributed by atoms with E-state index in [1.807, 2.05) is 0 Å². The van der Waals surface area contributed by atoms with E-state index in [-0.39, 0.29) is 0 Å². The Balaban J connectivity index is 1.41. The van der Waals surface area contributed by atoms with Gasteiger partial charge in [-0.05, 0) is 24.4 Å². The van der Waals surface area contributed by atoms with Crippen LogP contribution in [-0.2, 0) is 13.6 Å². The van der Waals surface area contributed by atoms with Crippen LogP contribution in [0.15, 0.2) is 42.7 Å². The maximum absolute atomic E-state index is 4.50. The normalized spacial score (nSPS) is 15.4. The van der Waals surface area contributed by atoms with E-state index in [4.69, 9.17) is 0 Å². The Morgan fingerprint density at radius 2 is 1.81 bits per heavy atom. The summed E-state index contributed by atoms with van der Waals surface area (Å²) in [6.07, 6.45) is 1.68. The first-order valence-corrected chi connectivity index (χ1v) is 9.69. The molecule has 1 fully saturated rings. The molecule has 1 aromatic carbocycles. The Hall–Kier alpha value is -2.60. The smallest absolute Gasteiger partial charge is 0.134 e. The zero-order valence-corrected chi connectivity index (χ0v) is 16.5. The van der Waals surface area contributed by atoms with Gasteiger partial charge in [-0.2, -0.15) is 0 Å². The summed E-state index contributed by atoms with van der Waals surface area (Å²) in [7, 11) is 4.23. The number of anilines is 2. The lowest BCUT2D eigenvalue weighted by atomic mass is 10.2. The van der Waals surface area contributed by atoms with Gasteiger partial charge in [-0.25, -0.2) is 9.97 Å². The molecule has 1 aliphatic rings. The van der Waals surface area contributed by atoms with Crippen molar-refractivity contribution in [3.8, 4) is 0 Å². The number of nitrogens with zero attached hydrogens (tertiary/aromatic N) is 6. The van der Waals surface area contributed by atoms with E-state index in [0.29, 0.717) is 0 Å². The van der Waals surface area contributed by atoms with Gasteiger partial charge in [-0.1, -0.05) is 18.2 Å². The summed E-state index contributed by atoms with van der Waals surface area (Å²) in [5.74, 6) is 2.02. The Morgan fingerprint density at radius 3 is 2.56 bits per heavy atom. The van der Waals surface area contributed by atoms with Crippen LogP contribution in [-0.4, -0.2) is 59.2 Å². The molecule has 0 saturated carbocycles. The second kappa shape index (κ2) is 7.56. The third kappa shape index (κ3) is 3.62. The van der Waals surface area contributed by atoms with E-state index < -0.39 is 0 Å². The predicted molar refractivity (Wildman–Crippen MR) is 111 cm³/mol. The molecule has 0 radical (unpaired) electrons. The molecule has 1 saturated heterocycles. The number of fused-ring (bicyclic) bond motifs is 1. The molecule has 0 atom stereocenters. The highest BCUT2D eigenvalue weighted by Gasteiger charge is 2.20. The van der Waals surface area contributed by atoms with Crippen molar-refractivity contribution in [3.63, 3.8) is 0 Å². The van der Waals surface area contributed by atoms with E-state index in [1.165, 1.54) is 16.6 Å². The number of hydrogen-bond acceptors (Lipinski definition) is 5. The van der Waals surface area contributed by atoms with Gasteiger partial charge in [-0.3, -0.25) is 4.90 Å². The highest BCUT2D eigenvalue weighted by Crippen LogP contribution is 2.22. The Morgan fingerprint density at radius 1 is 1.04 bits per heavy atom. The zero-order chi connectivity index (χ0) is 18.8. The number of aromatic nitrogens is 3. The van der Waals surface area contributed by atoms with Crippen LogP contribution >= 0.6 is 0 Å². The first-order valence-electron chi connectivity index (χ1n) is 9.69. The molecule has 0 bridgehead atoms. The summed E-state index contributed by atoms with van der Waals surface area (Å²) >= 11 is 0. The lowest BCUT2D eigenvalue weighted by Crippen LogP contribution is -2.46. The molecule has 27 heavy (non-hydrogen) atoms. The molecular formula is C21H28N6. The van der Waals surface area contributed by atoms with Crippen molar-refractivity contribution in [1.29, 1.82) is 0 Å². The number of rotatable bonds is 5. The van der Waals surface area contributed by atoms with E-state index in [9.17, 15) is 0 Å². The summed E-state index contributed by atoms with van der Waals surface area (Å²) in [5, 5.41) is 1.32. The lowest BCUT2D eigenvalue weighted by Gasteiger charge is -2.35. The van der Waals surface area contributed by atoms with Crippen molar-refractivity contribution in [2.45, 2.75) is 13.5 Å². The summed E-state index contributed by atoms with van der Waals surface area (Å²) in [5.41, 5.74) is 2.68. The third-order valence-electron chi connectivity index (χ3n) is 5.64. The fourth-order valence-electron chi connectivity index (χ4n) is 3.74. The minimum absolute atomic E-state index is 0.940. The van der Waals surface area contributed by atoms with Gasteiger partial charge in [-0.15, -0.1) is 0 Å². The van der Waals surface area contributed by atoms with Gasteiger partial charge in [0.15, 0.2) is 0 Å². The molecule has 0 unspecified atom stereocenters. The molecule has 0 aliphatic carbocycles. The van der Waals surface area contributed by atoms with E-state index in [0.717, 1.165) is 50.9 Å². The minimum atomic E-state index is 0.940. The van der Waals surface area contributed by atoms with Crippen molar-refractivity contribution >= 4 is 22.5 Å². The van der Waals surface area contributed by atoms with Crippen LogP contribution in [0.25, 0.3) is 10.9 Å². The van der Waals surface area contributed by atoms with Gasteiger partial charge in [0.05, 0.1) is 0 Å². The van der Waals surface area contributed by atoms with Crippen LogP contribution in [0.2, 0.25) is 0 Å². The molecule has 142 valence electrons. The average Bonchev–Trinajstić information content (AvgIpc) is 3.04. The first kappa shape index (κ1) is 17.8. The van der Waals surface area contributed by atoms with Crippen LogP contribution < -0.4 is 9.80 Å². The van der Waals surface area contributed by atoms with Gasteiger partial charge in [0.2, 0.25) is 0 Å². The van der Waals surface area contributed by atoms with Gasteiger partial charge in [0, 0.05) is 70.6 Å². The molecule has 1 aliphatic heterocycles. The number of para-hydroxylation sites is 1. The molecule has 0 spiro atoms. The number of benzene rings is 1. The lowest BCUT2D eigenvalue weighted by molar-refractivity contribution is 0.244. The SMILES string of the molecule is CCN(C)c1cc(N2CCN(Cc3cc4ccccc4n3C)CC2)ncn1. The third-order valence-corrected chi connectivity index (χ3v) is 5.64. The molecule has 6 nitrogen and oxygen atoms in total. The summed E-state index contributed by atoms with van der Waals surface area (Å²) in [6, 6.07) is 13.0. The molecular weight excluding hydrogens is 336 g/mol. The number of hydrogen-bond donors (Lipinski definition) is 0. The molecule has 0 N–H and O–H groups in total. The molecule has 3 aromatic rings. The zero-order valence-electron chi connectivity index (χ0n) is 16.5. The highest BCUT2D eigenvalue weighted by molar-refractivity contribution is 5.81. The monoisotopic (exact) mass is 364 g/mol. The van der Waals surface area contributed by atoms with Crippen LogP contribution in [0.5, 0.6) is 0 Å². The fraction of sp³-hybridized carbons (Fsp3) is 0.429. The van der Waals surface area contributed by atoms with Crippen LogP contribution in [0.4, 0.5) is 11.6 Å². The van der Waals surface area contributed by atoms with Crippen LogP contribution in [0, 0.1) is 0 Å². The van der Waals surface area contributed by atoms with Gasteiger partial charge < -0.3 is 14.4 Å². The van der Waals surface area contributed by atoms with E-state index in [1.54, 1.807) is 6.33 Å². The average molecular weight is 364 g/mol. The van der Waals surface area contributed by atoms with Crippen LogP contribution in [0.3, 0.4) is 0 Å². The number of aryl methyl sites for hydroxylation is 1. The minimum Gasteiger partial charge on any atom is -0.360 e. The summed E-state index contributed by atoms with van der Waals surface area (Å²) in [6.45, 7) is 8.15. The number of piperazine rings is 1. The summed E-state index contributed by atoms with van der Waals surface area (Å²) < 4.78 is 2.32. The van der Waals surface area contributed by atoms with Crippen molar-refractivity contribution in [3.05, 3.63) is 48.4 Å². The quantitative estimate of drug-likeness (QED) is 0.696.